The third kappa shape index (κ3) is 3.97. The van der Waals surface area contributed by atoms with Crippen molar-refractivity contribution in [2.75, 3.05) is 19.0 Å². The minimum Gasteiger partial charge on any atom is -0.378 e. The van der Waals surface area contributed by atoms with E-state index < -0.39 is 5.54 Å². The van der Waals surface area contributed by atoms with Gasteiger partial charge >= 0.3 is 0 Å². The van der Waals surface area contributed by atoms with Gasteiger partial charge in [-0.25, -0.2) is 0 Å². The van der Waals surface area contributed by atoms with Crippen molar-refractivity contribution in [3.05, 3.63) is 29.8 Å². The van der Waals surface area contributed by atoms with E-state index in [1.807, 2.05) is 34.9 Å². The maximum Gasteiger partial charge on any atom is 0.0687 e. The van der Waals surface area contributed by atoms with E-state index in [1.165, 1.54) is 5.06 Å². The lowest BCUT2D eigenvalue weighted by molar-refractivity contribution is -0.260. The van der Waals surface area contributed by atoms with Crippen molar-refractivity contribution < 1.29 is 5.21 Å². The van der Waals surface area contributed by atoms with Crippen LogP contribution in [0, 0.1) is 5.41 Å². The number of hydroxylamine groups is 2. The first-order valence-electron chi connectivity index (χ1n) is 7.18. The summed E-state index contributed by atoms with van der Waals surface area (Å²) in [5, 5.41) is 14.0. The fraction of sp³-hybridized carbons (Fsp3) is 0.647. The molecule has 0 aliphatic rings. The summed E-state index contributed by atoms with van der Waals surface area (Å²) in [6.07, 6.45) is 0. The first-order chi connectivity index (χ1) is 8.94. The number of anilines is 1. The normalized spacial score (nSPS) is 14.5. The van der Waals surface area contributed by atoms with Gasteiger partial charge in [-0.3, -0.25) is 0 Å². The van der Waals surface area contributed by atoms with Crippen molar-refractivity contribution in [1.29, 1.82) is 0 Å². The summed E-state index contributed by atoms with van der Waals surface area (Å²) in [7, 11) is 4.04. The average molecular weight is 277 g/mol. The van der Waals surface area contributed by atoms with Gasteiger partial charge in [0.05, 0.1) is 6.04 Å². The van der Waals surface area contributed by atoms with E-state index in [0.717, 1.165) is 11.3 Å². The van der Waals surface area contributed by atoms with Crippen LogP contribution in [-0.2, 0) is 5.21 Å². The molecule has 20 heavy (non-hydrogen) atoms. The second-order valence-electron chi connectivity index (χ2n) is 7.75. The van der Waals surface area contributed by atoms with Crippen LogP contribution in [0.3, 0.4) is 0 Å². The highest BCUT2D eigenvalue weighted by molar-refractivity contribution is 5.46. The Kier molecular flexibility index (Phi) is 4.88. The molecule has 0 spiro atoms. The molecule has 0 saturated heterocycles. The number of nitrogens with zero attached hydrogens (tertiary/aromatic N) is 2. The lowest BCUT2D eigenvalue weighted by Gasteiger charge is -2.41. The minimum absolute atomic E-state index is 0.116. The first kappa shape index (κ1) is 17.0. The molecule has 0 bridgehead atoms. The van der Waals surface area contributed by atoms with Gasteiger partial charge in [-0.15, -0.1) is 10.3 Å². The molecule has 1 aromatic rings. The van der Waals surface area contributed by atoms with Crippen molar-refractivity contribution in [3.8, 4) is 0 Å². The zero-order valence-electron chi connectivity index (χ0n) is 14.2. The van der Waals surface area contributed by atoms with Crippen LogP contribution in [0.15, 0.2) is 24.3 Å². The molecule has 3 nitrogen and oxygen atoms in total. The van der Waals surface area contributed by atoms with Gasteiger partial charge in [0, 0.05) is 25.3 Å². The van der Waals surface area contributed by atoms with Gasteiger partial charge in [-0.1, -0.05) is 32.9 Å². The summed E-state index contributed by atoms with van der Waals surface area (Å²) >= 11 is 0. The van der Waals surface area contributed by atoms with E-state index >= 15 is 0 Å². The maximum absolute atomic E-state index is 12.7. The Morgan fingerprint density at radius 1 is 0.900 bits per heavy atom. The summed E-state index contributed by atoms with van der Waals surface area (Å²) in [6, 6.07) is 8.14. The molecular weight excluding hydrogens is 248 g/mol. The van der Waals surface area contributed by atoms with E-state index in [-0.39, 0.29) is 11.5 Å². The zero-order chi connectivity index (χ0) is 15.7. The molecule has 0 aliphatic carbocycles. The highest BCUT2D eigenvalue weighted by Crippen LogP contribution is 2.40. The predicted octanol–water partition coefficient (Wildman–Crippen LogP) is 4.29. The Morgan fingerprint density at radius 2 is 1.35 bits per heavy atom. The molecule has 0 N–H and O–H groups in total. The molecule has 1 radical (unpaired) electrons. The molecule has 0 heterocycles. The first-order valence-corrected chi connectivity index (χ1v) is 7.18. The van der Waals surface area contributed by atoms with Crippen molar-refractivity contribution in [2.45, 2.75) is 53.1 Å². The summed E-state index contributed by atoms with van der Waals surface area (Å²) < 4.78 is 0. The molecule has 1 aromatic carbocycles. The van der Waals surface area contributed by atoms with Crippen LogP contribution in [0.4, 0.5) is 5.69 Å². The largest absolute Gasteiger partial charge is 0.378 e. The standard InChI is InChI=1S/C17H29N2O/c1-16(2,3)15(19(20)17(4,5)6)13-9-11-14(12-10-13)18(7)8/h9-12,15H,1-8H3. The Balaban J connectivity index is 3.19. The van der Waals surface area contributed by atoms with Gasteiger partial charge in [-0.2, -0.15) is 0 Å². The van der Waals surface area contributed by atoms with Crippen molar-refractivity contribution in [2.24, 2.45) is 5.41 Å². The third-order valence-electron chi connectivity index (χ3n) is 3.44. The number of rotatable bonds is 3. The molecule has 0 saturated carbocycles. The van der Waals surface area contributed by atoms with Crippen LogP contribution in [0.2, 0.25) is 0 Å². The van der Waals surface area contributed by atoms with Crippen LogP contribution >= 0.6 is 0 Å². The molecule has 1 rings (SSSR count). The van der Waals surface area contributed by atoms with Crippen molar-refractivity contribution >= 4 is 5.69 Å². The molecule has 1 atom stereocenters. The Bertz CT molecular complexity index is 424. The predicted molar refractivity (Wildman–Crippen MR) is 85.2 cm³/mol. The molecule has 3 heteroatoms. The lowest BCUT2D eigenvalue weighted by Crippen LogP contribution is -2.45. The van der Waals surface area contributed by atoms with Crippen LogP contribution in [0.5, 0.6) is 0 Å². The van der Waals surface area contributed by atoms with Crippen LogP contribution in [0.25, 0.3) is 0 Å². The highest BCUT2D eigenvalue weighted by Gasteiger charge is 2.38. The monoisotopic (exact) mass is 277 g/mol. The summed E-state index contributed by atoms with van der Waals surface area (Å²) in [5.41, 5.74) is 1.70. The fourth-order valence-electron chi connectivity index (χ4n) is 2.33. The lowest BCUT2D eigenvalue weighted by atomic mass is 9.80. The Labute approximate surface area is 124 Å². The van der Waals surface area contributed by atoms with Gasteiger partial charge in [0.15, 0.2) is 0 Å². The minimum atomic E-state index is -0.405. The number of benzene rings is 1. The molecular formula is C17H29N2O. The molecule has 1 unspecified atom stereocenters. The van der Waals surface area contributed by atoms with E-state index in [9.17, 15) is 5.21 Å². The van der Waals surface area contributed by atoms with E-state index in [4.69, 9.17) is 0 Å². The smallest absolute Gasteiger partial charge is 0.0687 e. The molecule has 0 aromatic heterocycles. The summed E-state index contributed by atoms with van der Waals surface area (Å²) in [5.74, 6) is 0. The molecule has 113 valence electrons. The van der Waals surface area contributed by atoms with E-state index in [2.05, 4.69) is 49.9 Å². The van der Waals surface area contributed by atoms with Crippen molar-refractivity contribution in [3.63, 3.8) is 0 Å². The van der Waals surface area contributed by atoms with Gasteiger partial charge in [0.2, 0.25) is 0 Å². The van der Waals surface area contributed by atoms with E-state index in [0.29, 0.717) is 0 Å². The van der Waals surface area contributed by atoms with E-state index in [1.54, 1.807) is 0 Å². The fourth-order valence-corrected chi connectivity index (χ4v) is 2.33. The van der Waals surface area contributed by atoms with Crippen LogP contribution < -0.4 is 4.90 Å². The second-order valence-corrected chi connectivity index (χ2v) is 7.75. The third-order valence-corrected chi connectivity index (χ3v) is 3.44. The van der Waals surface area contributed by atoms with Crippen LogP contribution in [-0.4, -0.2) is 24.7 Å². The number of hydrogen-bond acceptors (Lipinski definition) is 2. The maximum atomic E-state index is 12.7. The SMILES string of the molecule is CN(C)c1ccc(C(N([O])C(C)(C)C)C(C)(C)C)cc1. The van der Waals surface area contributed by atoms with Gasteiger partial charge in [0.25, 0.3) is 0 Å². The molecule has 0 amide bonds. The average Bonchev–Trinajstić information content (AvgIpc) is 2.26. The Hall–Kier alpha value is -1.06. The van der Waals surface area contributed by atoms with Crippen LogP contribution in [0.1, 0.15) is 53.1 Å². The van der Waals surface area contributed by atoms with Gasteiger partial charge in [-0.05, 0) is 43.9 Å². The summed E-state index contributed by atoms with van der Waals surface area (Å²) in [6.45, 7) is 12.3. The second kappa shape index (κ2) is 5.74. The van der Waals surface area contributed by atoms with Crippen molar-refractivity contribution in [1.82, 2.24) is 5.06 Å². The number of hydrogen-bond donors (Lipinski definition) is 0. The van der Waals surface area contributed by atoms with Gasteiger partial charge in [0.1, 0.15) is 0 Å². The summed E-state index contributed by atoms with van der Waals surface area (Å²) in [4.78, 5) is 2.06. The topological polar surface area (TPSA) is 26.4 Å². The Morgan fingerprint density at radius 3 is 1.65 bits per heavy atom. The zero-order valence-corrected chi connectivity index (χ0v) is 14.2. The quantitative estimate of drug-likeness (QED) is 0.771. The molecule has 0 aliphatic heterocycles. The highest BCUT2D eigenvalue weighted by atomic mass is 16.5. The van der Waals surface area contributed by atoms with Gasteiger partial charge < -0.3 is 4.90 Å². The molecule has 0 fully saturated rings.